The lowest BCUT2D eigenvalue weighted by molar-refractivity contribution is -0.126. The molecule has 32 heavy (non-hydrogen) atoms. The van der Waals surface area contributed by atoms with Gasteiger partial charge in [-0.05, 0) is 49.2 Å². The topological polar surface area (TPSA) is 77.6 Å². The van der Waals surface area contributed by atoms with Gasteiger partial charge in [0.15, 0.2) is 0 Å². The molecular weight excluding hydrogens is 426 g/mol. The van der Waals surface area contributed by atoms with Gasteiger partial charge >= 0.3 is 0 Å². The smallest absolute Gasteiger partial charge is 0.239 e. The molecule has 4 rings (SSSR count). The van der Waals surface area contributed by atoms with Crippen LogP contribution in [0.1, 0.15) is 30.4 Å². The summed E-state index contributed by atoms with van der Waals surface area (Å²) in [7, 11) is 2.08. The van der Waals surface area contributed by atoms with Crippen molar-refractivity contribution in [1.29, 1.82) is 0 Å². The molecule has 8 heteroatoms. The van der Waals surface area contributed by atoms with Crippen LogP contribution in [0, 0.1) is 0 Å². The molecule has 0 aliphatic carbocycles. The van der Waals surface area contributed by atoms with E-state index in [4.69, 9.17) is 11.6 Å². The lowest BCUT2D eigenvalue weighted by atomic mass is 10.0. The first-order chi connectivity index (χ1) is 15.5. The Kier molecular flexibility index (Phi) is 7.40. The maximum Gasteiger partial charge on any atom is 0.239 e. The fraction of sp³-hybridized carbons (Fsp3) is 0.458. The van der Waals surface area contributed by atoms with E-state index in [0.717, 1.165) is 24.1 Å². The Morgan fingerprint density at radius 2 is 2.12 bits per heavy atom. The number of pyridine rings is 1. The number of nitrogens with one attached hydrogen (secondary N) is 2. The number of likely N-dealkylation sites (N-methyl/N-ethyl adjacent to an activating group) is 1. The van der Waals surface area contributed by atoms with Gasteiger partial charge in [0.05, 0.1) is 0 Å². The molecule has 0 unspecified atom stereocenters. The number of fused-ring (bicyclic) bond motifs is 1. The molecule has 3 atom stereocenters. The molecular formula is C24H30ClN5O2. The van der Waals surface area contributed by atoms with Crippen molar-refractivity contribution in [3.63, 3.8) is 0 Å². The van der Waals surface area contributed by atoms with E-state index in [1.54, 1.807) is 12.4 Å². The summed E-state index contributed by atoms with van der Waals surface area (Å²) in [5.74, 6) is 0.0910. The van der Waals surface area contributed by atoms with Crippen molar-refractivity contribution in [2.75, 3.05) is 20.1 Å². The molecule has 2 N–H and O–H groups in total. The van der Waals surface area contributed by atoms with E-state index in [1.807, 2.05) is 36.4 Å². The minimum Gasteiger partial charge on any atom is -0.353 e. The highest BCUT2D eigenvalue weighted by Gasteiger charge is 2.44. The van der Waals surface area contributed by atoms with Gasteiger partial charge in [0.1, 0.15) is 6.04 Å². The van der Waals surface area contributed by atoms with E-state index >= 15 is 0 Å². The van der Waals surface area contributed by atoms with Gasteiger partial charge in [-0.25, -0.2) is 0 Å². The van der Waals surface area contributed by atoms with E-state index in [9.17, 15) is 9.59 Å². The average molecular weight is 456 g/mol. The van der Waals surface area contributed by atoms with Crippen molar-refractivity contribution < 1.29 is 9.59 Å². The first kappa shape index (κ1) is 22.7. The van der Waals surface area contributed by atoms with Crippen LogP contribution in [0.3, 0.4) is 0 Å². The highest BCUT2D eigenvalue weighted by molar-refractivity contribution is 6.30. The number of benzene rings is 1. The summed E-state index contributed by atoms with van der Waals surface area (Å²) < 4.78 is 0. The summed E-state index contributed by atoms with van der Waals surface area (Å²) >= 11 is 6.14. The van der Waals surface area contributed by atoms with Crippen LogP contribution in [-0.4, -0.2) is 64.9 Å². The van der Waals surface area contributed by atoms with E-state index in [2.05, 4.69) is 32.5 Å². The quantitative estimate of drug-likeness (QED) is 0.669. The average Bonchev–Trinajstić information content (AvgIpc) is 3.16. The number of aromatic nitrogens is 1. The maximum atomic E-state index is 13.0. The largest absolute Gasteiger partial charge is 0.353 e. The zero-order valence-corrected chi connectivity index (χ0v) is 19.1. The van der Waals surface area contributed by atoms with Gasteiger partial charge in [0, 0.05) is 62.1 Å². The van der Waals surface area contributed by atoms with Crippen molar-refractivity contribution in [2.24, 2.45) is 0 Å². The number of carbonyl (C=O) groups excluding carboxylic acids is 2. The molecule has 0 saturated carbocycles. The van der Waals surface area contributed by atoms with E-state index in [0.29, 0.717) is 37.5 Å². The van der Waals surface area contributed by atoms with Gasteiger partial charge < -0.3 is 10.6 Å². The number of likely N-dealkylation sites (tertiary alicyclic amines) is 1. The van der Waals surface area contributed by atoms with Crippen molar-refractivity contribution in [3.8, 4) is 0 Å². The van der Waals surface area contributed by atoms with Crippen LogP contribution in [0.25, 0.3) is 0 Å². The lowest BCUT2D eigenvalue weighted by Gasteiger charge is -2.33. The number of amides is 2. The zero-order valence-electron chi connectivity index (χ0n) is 18.3. The first-order valence-electron chi connectivity index (χ1n) is 11.1. The number of nitrogens with zero attached hydrogens (tertiary/aromatic N) is 3. The van der Waals surface area contributed by atoms with Crippen molar-refractivity contribution >= 4 is 23.4 Å². The van der Waals surface area contributed by atoms with E-state index < -0.39 is 0 Å². The molecule has 2 aromatic rings. The Bertz CT molecular complexity index is 941. The predicted octanol–water partition coefficient (Wildman–Crippen LogP) is 2.20. The molecule has 1 aromatic heterocycles. The molecule has 2 fully saturated rings. The molecule has 7 nitrogen and oxygen atoms in total. The summed E-state index contributed by atoms with van der Waals surface area (Å²) in [5, 5.41) is 6.79. The number of rotatable bonds is 7. The second kappa shape index (κ2) is 10.4. The zero-order chi connectivity index (χ0) is 22.5. The van der Waals surface area contributed by atoms with E-state index in [1.165, 1.54) is 0 Å². The van der Waals surface area contributed by atoms with Gasteiger partial charge in [-0.2, -0.15) is 0 Å². The maximum absolute atomic E-state index is 13.0. The number of carbonyl (C=O) groups is 2. The van der Waals surface area contributed by atoms with Gasteiger partial charge in [-0.15, -0.1) is 0 Å². The van der Waals surface area contributed by atoms with Gasteiger partial charge in [0.2, 0.25) is 11.8 Å². The minimum absolute atomic E-state index is 0.0170. The summed E-state index contributed by atoms with van der Waals surface area (Å²) in [5.41, 5.74) is 2.09. The Hall–Kier alpha value is -2.48. The standard InChI is InChI=1S/C24H30ClN5O2/c1-29-20(7-8-22(31)27-14-18-5-3-10-26-13-18)15-28-24(32)23-21(29)9-11-30(23)16-17-4-2-6-19(25)12-17/h2-6,10,12-13,20-21,23H,7-9,11,14-16H2,1H3,(H,27,31)(H,28,32)/t20-,21-,23-/m0/s1. The van der Waals surface area contributed by atoms with Crippen molar-refractivity contribution in [1.82, 2.24) is 25.4 Å². The third-order valence-corrected chi connectivity index (χ3v) is 6.78. The van der Waals surface area contributed by atoms with Crippen LogP contribution in [0.15, 0.2) is 48.8 Å². The molecule has 170 valence electrons. The highest BCUT2D eigenvalue weighted by Crippen LogP contribution is 2.29. The summed E-state index contributed by atoms with van der Waals surface area (Å²) in [6.45, 7) is 2.60. The van der Waals surface area contributed by atoms with Crippen LogP contribution >= 0.6 is 11.6 Å². The number of hydrogen-bond donors (Lipinski definition) is 2. The molecule has 3 heterocycles. The number of hydrogen-bond acceptors (Lipinski definition) is 5. The second-order valence-electron chi connectivity index (χ2n) is 8.64. The third kappa shape index (κ3) is 5.46. The van der Waals surface area contributed by atoms with Crippen LogP contribution in [0.4, 0.5) is 0 Å². The molecule has 2 aliphatic rings. The molecule has 0 radical (unpaired) electrons. The second-order valence-corrected chi connectivity index (χ2v) is 9.08. The summed E-state index contributed by atoms with van der Waals surface area (Å²) in [6, 6.07) is 11.7. The Morgan fingerprint density at radius 1 is 1.28 bits per heavy atom. The molecule has 1 aromatic carbocycles. The highest BCUT2D eigenvalue weighted by atomic mass is 35.5. The van der Waals surface area contributed by atoms with Crippen LogP contribution in [0.5, 0.6) is 0 Å². The Labute approximate surface area is 194 Å². The molecule has 2 saturated heterocycles. The first-order valence-corrected chi connectivity index (χ1v) is 11.5. The molecule has 2 aliphatic heterocycles. The predicted molar refractivity (Wildman–Crippen MR) is 124 cm³/mol. The lowest BCUT2D eigenvalue weighted by Crippen LogP contribution is -2.49. The Morgan fingerprint density at radius 3 is 2.91 bits per heavy atom. The fourth-order valence-corrected chi connectivity index (χ4v) is 5.00. The van der Waals surface area contributed by atoms with Gasteiger partial charge in [-0.3, -0.25) is 24.4 Å². The number of halogens is 1. The van der Waals surface area contributed by atoms with Crippen molar-refractivity contribution in [2.45, 2.75) is 50.5 Å². The third-order valence-electron chi connectivity index (χ3n) is 6.54. The summed E-state index contributed by atoms with van der Waals surface area (Å²) in [6.07, 6.45) is 5.53. The van der Waals surface area contributed by atoms with Crippen LogP contribution in [-0.2, 0) is 22.7 Å². The molecule has 0 bridgehead atoms. The van der Waals surface area contributed by atoms with Crippen molar-refractivity contribution in [3.05, 3.63) is 64.9 Å². The van der Waals surface area contributed by atoms with E-state index in [-0.39, 0.29) is 29.9 Å². The van der Waals surface area contributed by atoms with Crippen LogP contribution in [0.2, 0.25) is 5.02 Å². The fourth-order valence-electron chi connectivity index (χ4n) is 4.79. The molecule has 2 amide bonds. The van der Waals surface area contributed by atoms with Gasteiger partial charge in [-0.1, -0.05) is 29.8 Å². The minimum atomic E-state index is -0.191. The Balaban J connectivity index is 1.33. The van der Waals surface area contributed by atoms with Crippen LogP contribution < -0.4 is 10.6 Å². The monoisotopic (exact) mass is 455 g/mol. The SMILES string of the molecule is CN1[C@@H](CCC(=O)NCc2cccnc2)CNC(=O)[C@@H]2[C@@H]1CCN2Cc1cccc(Cl)c1. The van der Waals surface area contributed by atoms with Gasteiger partial charge in [0.25, 0.3) is 0 Å². The normalized spacial score (nSPS) is 23.9. The molecule has 0 spiro atoms. The summed E-state index contributed by atoms with van der Waals surface area (Å²) in [4.78, 5) is 33.9.